The second-order valence-electron chi connectivity index (χ2n) is 8.83. The van der Waals surface area contributed by atoms with E-state index in [4.69, 9.17) is 0 Å². The average molecular weight is 385 g/mol. The van der Waals surface area contributed by atoms with Gasteiger partial charge in [-0.05, 0) is 37.2 Å². The zero-order valence-corrected chi connectivity index (χ0v) is 19.2. The maximum absolute atomic E-state index is 4.53. The van der Waals surface area contributed by atoms with Gasteiger partial charge in [-0.2, -0.15) is 0 Å². The summed E-state index contributed by atoms with van der Waals surface area (Å²) in [5, 5.41) is 0. The van der Waals surface area contributed by atoms with Crippen LogP contribution in [-0.4, -0.2) is 0 Å². The van der Waals surface area contributed by atoms with E-state index in [0.717, 1.165) is 0 Å². The van der Waals surface area contributed by atoms with Crippen molar-refractivity contribution in [3.05, 3.63) is 48.0 Å². The molecule has 0 fully saturated rings. The van der Waals surface area contributed by atoms with Crippen molar-refractivity contribution in [1.82, 2.24) is 0 Å². The van der Waals surface area contributed by atoms with Gasteiger partial charge in [0.15, 0.2) is 0 Å². The summed E-state index contributed by atoms with van der Waals surface area (Å²) in [6.07, 6.45) is 23.3. The summed E-state index contributed by atoms with van der Waals surface area (Å²) in [7, 11) is 0. The Kier molecular flexibility index (Phi) is 16.1. The third-order valence-corrected chi connectivity index (χ3v) is 6.16. The highest BCUT2D eigenvalue weighted by molar-refractivity contribution is 5.18. The molecule has 1 aromatic rings. The predicted molar refractivity (Wildman–Crippen MR) is 128 cm³/mol. The van der Waals surface area contributed by atoms with Crippen LogP contribution in [0.1, 0.15) is 122 Å². The second-order valence-corrected chi connectivity index (χ2v) is 8.83. The minimum Gasteiger partial charge on any atom is -0.0996 e. The molecule has 0 aliphatic heterocycles. The lowest BCUT2D eigenvalue weighted by atomic mass is 9.85. The lowest BCUT2D eigenvalue weighted by Crippen LogP contribution is -2.08. The van der Waals surface area contributed by atoms with Crippen molar-refractivity contribution in [2.45, 2.75) is 123 Å². The minimum absolute atomic E-state index is 0.679. The van der Waals surface area contributed by atoms with Gasteiger partial charge < -0.3 is 0 Å². The Bertz CT molecular complexity index is 458. The van der Waals surface area contributed by atoms with Crippen LogP contribution in [0, 0.1) is 5.92 Å². The highest BCUT2D eigenvalue weighted by Crippen LogP contribution is 2.27. The Labute approximate surface area is 177 Å². The van der Waals surface area contributed by atoms with Crippen LogP contribution in [0.3, 0.4) is 0 Å². The summed E-state index contributed by atoms with van der Waals surface area (Å²) in [5.74, 6) is 0.679. The molecule has 0 bridgehead atoms. The molecule has 1 rings (SSSR count). The molecular weight excluding hydrogens is 336 g/mol. The fourth-order valence-electron chi connectivity index (χ4n) is 4.21. The average Bonchev–Trinajstić information content (AvgIpc) is 2.72. The van der Waals surface area contributed by atoms with E-state index >= 15 is 0 Å². The van der Waals surface area contributed by atoms with Crippen LogP contribution in [-0.2, 0) is 6.42 Å². The number of unbranched alkanes of at least 4 members (excludes halogenated alkanes) is 12. The molecule has 1 atom stereocenters. The van der Waals surface area contributed by atoms with Gasteiger partial charge in [0.2, 0.25) is 0 Å². The zero-order valence-electron chi connectivity index (χ0n) is 19.2. The number of rotatable bonds is 19. The number of benzene rings is 1. The third kappa shape index (κ3) is 13.2. The van der Waals surface area contributed by atoms with Crippen LogP contribution in [0.2, 0.25) is 0 Å². The van der Waals surface area contributed by atoms with E-state index in [1.165, 1.54) is 120 Å². The van der Waals surface area contributed by atoms with E-state index in [1.807, 2.05) is 0 Å². The summed E-state index contributed by atoms with van der Waals surface area (Å²) in [5.41, 5.74) is 3.00. The van der Waals surface area contributed by atoms with E-state index in [1.54, 1.807) is 0 Å². The molecule has 1 unspecified atom stereocenters. The summed E-state index contributed by atoms with van der Waals surface area (Å²) in [4.78, 5) is 0. The maximum Gasteiger partial charge on any atom is -0.0165 e. The van der Waals surface area contributed by atoms with Crippen LogP contribution in [0.5, 0.6) is 0 Å². The third-order valence-electron chi connectivity index (χ3n) is 6.16. The molecule has 1 aromatic carbocycles. The van der Waals surface area contributed by atoms with E-state index in [0.29, 0.717) is 5.92 Å². The first-order chi connectivity index (χ1) is 13.8. The van der Waals surface area contributed by atoms with Crippen molar-refractivity contribution in [2.75, 3.05) is 0 Å². The number of allylic oxidation sites excluding steroid dienone is 1. The van der Waals surface area contributed by atoms with Gasteiger partial charge in [0, 0.05) is 0 Å². The molecule has 28 heavy (non-hydrogen) atoms. The first kappa shape index (κ1) is 25.0. The Balaban J connectivity index is 2.32. The number of hydrogen-bond donors (Lipinski definition) is 0. The van der Waals surface area contributed by atoms with Crippen molar-refractivity contribution in [2.24, 2.45) is 5.92 Å². The molecule has 0 spiro atoms. The van der Waals surface area contributed by atoms with Crippen molar-refractivity contribution >= 4 is 0 Å². The second kappa shape index (κ2) is 18.0. The molecule has 0 aliphatic rings. The molecule has 0 saturated carbocycles. The van der Waals surface area contributed by atoms with Gasteiger partial charge in [-0.1, -0.05) is 140 Å². The van der Waals surface area contributed by atoms with E-state index in [9.17, 15) is 0 Å². The van der Waals surface area contributed by atoms with Gasteiger partial charge in [-0.15, -0.1) is 0 Å². The van der Waals surface area contributed by atoms with Crippen molar-refractivity contribution in [3.63, 3.8) is 0 Å². The topological polar surface area (TPSA) is 0 Å². The van der Waals surface area contributed by atoms with Crippen LogP contribution in [0.15, 0.2) is 42.5 Å². The molecule has 0 saturated heterocycles. The Hall–Kier alpha value is -1.04. The van der Waals surface area contributed by atoms with Gasteiger partial charge in [-0.25, -0.2) is 0 Å². The standard InChI is InChI=1S/C28H48/c1-4-6-8-10-12-13-15-20-24-28(25-27-22-18-16-19-23-27)26(3)21-17-14-11-9-7-5-2/h16,18-19,22-23,28H,3-15,17,20-21,24-25H2,1-2H3. The fourth-order valence-corrected chi connectivity index (χ4v) is 4.21. The van der Waals surface area contributed by atoms with E-state index in [2.05, 4.69) is 50.8 Å². The van der Waals surface area contributed by atoms with Gasteiger partial charge in [0.1, 0.15) is 0 Å². The van der Waals surface area contributed by atoms with Crippen LogP contribution in [0.25, 0.3) is 0 Å². The summed E-state index contributed by atoms with van der Waals surface area (Å²) in [6, 6.07) is 11.1. The quantitative estimate of drug-likeness (QED) is 0.164. The van der Waals surface area contributed by atoms with Crippen molar-refractivity contribution < 1.29 is 0 Å². The summed E-state index contributed by atoms with van der Waals surface area (Å²) >= 11 is 0. The molecule has 0 aromatic heterocycles. The number of hydrogen-bond acceptors (Lipinski definition) is 0. The van der Waals surface area contributed by atoms with Crippen LogP contribution in [0.4, 0.5) is 0 Å². The molecule has 0 N–H and O–H groups in total. The molecular formula is C28H48. The lowest BCUT2D eigenvalue weighted by molar-refractivity contribution is 0.479. The van der Waals surface area contributed by atoms with Gasteiger partial charge in [-0.3, -0.25) is 0 Å². The highest BCUT2D eigenvalue weighted by atomic mass is 14.2. The van der Waals surface area contributed by atoms with E-state index in [-0.39, 0.29) is 0 Å². The monoisotopic (exact) mass is 384 g/mol. The maximum atomic E-state index is 4.53. The first-order valence-corrected chi connectivity index (χ1v) is 12.5. The van der Waals surface area contributed by atoms with Gasteiger partial charge in [0.05, 0.1) is 0 Å². The summed E-state index contributed by atoms with van der Waals surface area (Å²) < 4.78 is 0. The Morgan fingerprint density at radius 1 is 0.679 bits per heavy atom. The van der Waals surface area contributed by atoms with Crippen molar-refractivity contribution in [3.8, 4) is 0 Å². The first-order valence-electron chi connectivity index (χ1n) is 12.5. The molecule has 0 radical (unpaired) electrons. The Morgan fingerprint density at radius 3 is 1.75 bits per heavy atom. The van der Waals surface area contributed by atoms with Gasteiger partial charge in [0.25, 0.3) is 0 Å². The SMILES string of the molecule is C=C(CCCCCCCC)C(CCCCCCCCCC)Cc1ccccc1. The zero-order chi connectivity index (χ0) is 20.3. The van der Waals surface area contributed by atoms with E-state index < -0.39 is 0 Å². The largest absolute Gasteiger partial charge is 0.0996 e. The lowest BCUT2D eigenvalue weighted by Gasteiger charge is -2.20. The fraction of sp³-hybridized carbons (Fsp3) is 0.714. The molecule has 0 aliphatic carbocycles. The highest BCUT2D eigenvalue weighted by Gasteiger charge is 2.13. The molecule has 160 valence electrons. The normalized spacial score (nSPS) is 12.2. The van der Waals surface area contributed by atoms with Crippen LogP contribution < -0.4 is 0 Å². The molecule has 0 nitrogen and oxygen atoms in total. The smallest absolute Gasteiger partial charge is 0.0165 e. The molecule has 0 heterocycles. The van der Waals surface area contributed by atoms with Crippen molar-refractivity contribution in [1.29, 1.82) is 0 Å². The predicted octanol–water partition coefficient (Wildman–Crippen LogP) is 9.68. The Morgan fingerprint density at radius 2 is 1.18 bits per heavy atom. The molecule has 0 amide bonds. The summed E-state index contributed by atoms with van der Waals surface area (Å²) in [6.45, 7) is 9.12. The van der Waals surface area contributed by atoms with Crippen LogP contribution >= 0.6 is 0 Å². The molecule has 0 heteroatoms. The van der Waals surface area contributed by atoms with Gasteiger partial charge >= 0.3 is 0 Å². The minimum atomic E-state index is 0.679.